The molecule has 2 aromatic carbocycles. The maximum Gasteiger partial charge on any atom is 0.134 e. The topological polar surface area (TPSA) is 45.8 Å². The van der Waals surface area contributed by atoms with Crippen LogP contribution in [0.2, 0.25) is 0 Å². The first-order valence-electron chi connectivity index (χ1n) is 8.96. The Bertz CT molecular complexity index is 875. The lowest BCUT2D eigenvalue weighted by molar-refractivity contribution is 0.175. The molecular formula is C21H22FNO3. The van der Waals surface area contributed by atoms with Gasteiger partial charge >= 0.3 is 0 Å². The summed E-state index contributed by atoms with van der Waals surface area (Å²) in [6.07, 6.45) is 1.31. The molecule has 0 bridgehead atoms. The van der Waals surface area contributed by atoms with E-state index in [-0.39, 0.29) is 11.9 Å². The molecule has 1 N–H and O–H groups in total. The fourth-order valence-corrected chi connectivity index (χ4v) is 3.38. The molecule has 0 amide bonds. The van der Waals surface area contributed by atoms with Gasteiger partial charge in [0, 0.05) is 31.4 Å². The number of furan rings is 1. The van der Waals surface area contributed by atoms with Gasteiger partial charge in [0.1, 0.15) is 22.9 Å². The summed E-state index contributed by atoms with van der Waals surface area (Å²) in [5.41, 5.74) is 2.09. The Hall–Kier alpha value is -2.37. The van der Waals surface area contributed by atoms with Gasteiger partial charge in [0.15, 0.2) is 0 Å². The van der Waals surface area contributed by atoms with Gasteiger partial charge in [-0.15, -0.1) is 0 Å². The highest BCUT2D eigenvalue weighted by Crippen LogP contribution is 2.23. The van der Waals surface area contributed by atoms with Gasteiger partial charge in [-0.1, -0.05) is 6.07 Å². The fourth-order valence-electron chi connectivity index (χ4n) is 3.38. The van der Waals surface area contributed by atoms with Crippen molar-refractivity contribution in [1.29, 1.82) is 0 Å². The van der Waals surface area contributed by atoms with Crippen LogP contribution in [0.3, 0.4) is 0 Å². The van der Waals surface area contributed by atoms with Gasteiger partial charge in [0.05, 0.1) is 12.7 Å². The third-order valence-corrected chi connectivity index (χ3v) is 4.72. The lowest BCUT2D eigenvalue weighted by atomic mass is 10.1. The van der Waals surface area contributed by atoms with Crippen LogP contribution in [0, 0.1) is 5.82 Å². The van der Waals surface area contributed by atoms with E-state index in [1.165, 1.54) is 17.7 Å². The van der Waals surface area contributed by atoms with Gasteiger partial charge in [0.2, 0.25) is 0 Å². The van der Waals surface area contributed by atoms with E-state index in [1.54, 1.807) is 12.1 Å². The molecule has 0 spiro atoms. The minimum Gasteiger partial charge on any atom is -0.493 e. The van der Waals surface area contributed by atoms with Crippen LogP contribution >= 0.6 is 0 Å². The molecule has 1 atom stereocenters. The smallest absolute Gasteiger partial charge is 0.134 e. The van der Waals surface area contributed by atoms with E-state index in [1.807, 2.05) is 12.1 Å². The number of hydrogen-bond acceptors (Lipinski definition) is 4. The molecule has 1 aromatic heterocycles. The van der Waals surface area contributed by atoms with Gasteiger partial charge in [-0.2, -0.15) is 0 Å². The van der Waals surface area contributed by atoms with Crippen molar-refractivity contribution in [2.24, 2.45) is 0 Å². The highest BCUT2D eigenvalue weighted by atomic mass is 19.1. The van der Waals surface area contributed by atoms with E-state index in [4.69, 9.17) is 9.15 Å². The van der Waals surface area contributed by atoms with E-state index >= 15 is 0 Å². The van der Waals surface area contributed by atoms with Gasteiger partial charge in [-0.25, -0.2) is 4.39 Å². The molecule has 0 saturated carbocycles. The van der Waals surface area contributed by atoms with Gasteiger partial charge in [-0.3, -0.25) is 4.90 Å². The molecular weight excluding hydrogens is 333 g/mol. The standard InChI is InChI=1S/C21H22FNO3/c22-17-2-4-19(5-3-17)25-10-8-20-12-16-11-15(1-6-21(16)26-20)13-23-9-7-18(24)14-23/h1-6,11-12,18,24H,7-10,13-14H2/t18-/m0/s1. The highest BCUT2D eigenvalue weighted by molar-refractivity contribution is 5.78. The second-order valence-electron chi connectivity index (χ2n) is 6.81. The summed E-state index contributed by atoms with van der Waals surface area (Å²) in [5.74, 6) is 1.25. The SMILES string of the molecule is O[C@H]1CCN(Cc2ccc3oc(CCOc4ccc(F)cc4)cc3c2)C1. The van der Waals surface area contributed by atoms with Crippen LogP contribution in [0.1, 0.15) is 17.7 Å². The summed E-state index contributed by atoms with van der Waals surface area (Å²) in [4.78, 5) is 2.27. The Labute approximate surface area is 151 Å². The average molecular weight is 355 g/mol. The summed E-state index contributed by atoms with van der Waals surface area (Å²) in [7, 11) is 0. The molecule has 1 aliphatic rings. The van der Waals surface area contributed by atoms with E-state index < -0.39 is 0 Å². The van der Waals surface area contributed by atoms with Crippen molar-refractivity contribution in [2.75, 3.05) is 19.7 Å². The molecule has 3 aromatic rings. The predicted octanol–water partition coefficient (Wildman–Crippen LogP) is 3.76. The zero-order valence-corrected chi connectivity index (χ0v) is 14.5. The number of likely N-dealkylation sites (tertiary alicyclic amines) is 1. The molecule has 26 heavy (non-hydrogen) atoms. The third-order valence-electron chi connectivity index (χ3n) is 4.72. The van der Waals surface area contributed by atoms with Crippen molar-refractivity contribution in [3.63, 3.8) is 0 Å². The lowest BCUT2D eigenvalue weighted by Crippen LogP contribution is -2.21. The van der Waals surface area contributed by atoms with Crippen molar-refractivity contribution in [2.45, 2.75) is 25.5 Å². The Morgan fingerprint density at radius 1 is 1.15 bits per heavy atom. The number of halogens is 1. The Kier molecular flexibility index (Phi) is 4.91. The molecule has 0 radical (unpaired) electrons. The van der Waals surface area contributed by atoms with Crippen LogP contribution in [0.15, 0.2) is 52.9 Å². The molecule has 136 valence electrons. The molecule has 4 nitrogen and oxygen atoms in total. The second kappa shape index (κ2) is 7.48. The molecule has 0 unspecified atom stereocenters. The van der Waals surface area contributed by atoms with Gasteiger partial charge in [0.25, 0.3) is 0 Å². The number of aliphatic hydroxyl groups is 1. The molecule has 0 aliphatic carbocycles. The Balaban J connectivity index is 1.36. The van der Waals surface area contributed by atoms with Gasteiger partial charge < -0.3 is 14.3 Å². The minimum absolute atomic E-state index is 0.194. The molecule has 2 heterocycles. The summed E-state index contributed by atoms with van der Waals surface area (Å²) < 4.78 is 24.4. The van der Waals surface area contributed by atoms with Crippen LogP contribution in [-0.4, -0.2) is 35.8 Å². The summed E-state index contributed by atoms with van der Waals surface area (Å²) in [6.45, 7) is 3.01. The number of ether oxygens (including phenoxy) is 1. The number of rotatable bonds is 6. The summed E-state index contributed by atoms with van der Waals surface area (Å²) in [6, 6.07) is 14.3. The van der Waals surface area contributed by atoms with E-state index in [9.17, 15) is 9.50 Å². The van der Waals surface area contributed by atoms with Crippen molar-refractivity contribution < 1.29 is 18.7 Å². The largest absolute Gasteiger partial charge is 0.493 e. The number of β-amino-alcohol motifs (C(OH)–C–C–N with tert-alkyl or cyclic N) is 1. The molecule has 4 rings (SSSR count). The van der Waals surface area contributed by atoms with Crippen LogP contribution in [0.25, 0.3) is 11.0 Å². The number of hydrogen-bond donors (Lipinski definition) is 1. The molecule has 1 saturated heterocycles. The average Bonchev–Trinajstić information content (AvgIpc) is 3.22. The molecule has 1 aliphatic heterocycles. The summed E-state index contributed by atoms with van der Waals surface area (Å²) in [5, 5.41) is 10.7. The van der Waals surface area contributed by atoms with Crippen molar-refractivity contribution in [3.8, 4) is 5.75 Å². The van der Waals surface area contributed by atoms with Gasteiger partial charge in [-0.05, 0) is 54.4 Å². The van der Waals surface area contributed by atoms with Crippen LogP contribution in [-0.2, 0) is 13.0 Å². The molecule has 1 fully saturated rings. The number of benzene rings is 2. The number of nitrogens with zero attached hydrogens (tertiary/aromatic N) is 1. The quantitative estimate of drug-likeness (QED) is 0.731. The summed E-state index contributed by atoms with van der Waals surface area (Å²) >= 11 is 0. The van der Waals surface area contributed by atoms with Crippen LogP contribution in [0.5, 0.6) is 5.75 Å². The Morgan fingerprint density at radius 3 is 2.77 bits per heavy atom. The number of aliphatic hydroxyl groups excluding tert-OH is 1. The van der Waals surface area contributed by atoms with Crippen molar-refractivity contribution >= 4 is 11.0 Å². The maximum absolute atomic E-state index is 12.9. The predicted molar refractivity (Wildman–Crippen MR) is 97.7 cm³/mol. The maximum atomic E-state index is 12.9. The van der Waals surface area contributed by atoms with Crippen molar-refractivity contribution in [3.05, 3.63) is 65.7 Å². The normalized spacial score (nSPS) is 17.8. The number of fused-ring (bicyclic) bond motifs is 1. The first-order valence-corrected chi connectivity index (χ1v) is 8.96. The first-order chi connectivity index (χ1) is 12.7. The zero-order chi connectivity index (χ0) is 17.9. The van der Waals surface area contributed by atoms with Crippen molar-refractivity contribution in [1.82, 2.24) is 4.90 Å². The lowest BCUT2D eigenvalue weighted by Gasteiger charge is -2.14. The molecule has 5 heteroatoms. The third kappa shape index (κ3) is 4.06. The fraction of sp³-hybridized carbons (Fsp3) is 0.333. The van der Waals surface area contributed by atoms with Crippen LogP contribution in [0.4, 0.5) is 4.39 Å². The zero-order valence-electron chi connectivity index (χ0n) is 14.5. The minimum atomic E-state index is -0.270. The first kappa shape index (κ1) is 17.1. The van der Waals surface area contributed by atoms with E-state index in [0.29, 0.717) is 18.8 Å². The monoisotopic (exact) mass is 355 g/mol. The van der Waals surface area contributed by atoms with E-state index in [2.05, 4.69) is 17.0 Å². The Morgan fingerprint density at radius 2 is 2.00 bits per heavy atom. The highest BCUT2D eigenvalue weighted by Gasteiger charge is 2.20. The second-order valence-corrected chi connectivity index (χ2v) is 6.81. The van der Waals surface area contributed by atoms with E-state index in [0.717, 1.165) is 42.8 Å². The van der Waals surface area contributed by atoms with Crippen LogP contribution < -0.4 is 4.74 Å².